The van der Waals surface area contributed by atoms with Gasteiger partial charge in [-0.1, -0.05) is 20.8 Å². The molecule has 0 aromatic rings. The largest absolute Gasteiger partial charge is 0.342 e. The van der Waals surface area contributed by atoms with Crippen molar-refractivity contribution in [3.63, 3.8) is 0 Å². The van der Waals surface area contributed by atoms with Gasteiger partial charge in [0.15, 0.2) is 9.84 Å². The van der Waals surface area contributed by atoms with E-state index in [2.05, 4.69) is 5.32 Å². The molecule has 0 bridgehead atoms. The Kier molecular flexibility index (Phi) is 6.45. The lowest BCUT2D eigenvalue weighted by Gasteiger charge is -2.34. The first kappa shape index (κ1) is 17.4. The van der Waals surface area contributed by atoms with Crippen molar-refractivity contribution >= 4 is 15.7 Å². The number of nitrogens with zero attached hydrogens (tertiary/aromatic N) is 1. The summed E-state index contributed by atoms with van der Waals surface area (Å²) in [6.45, 7) is 8.97. The van der Waals surface area contributed by atoms with Crippen LogP contribution in [-0.4, -0.2) is 55.9 Å². The molecule has 1 saturated heterocycles. The molecule has 0 saturated carbocycles. The third-order valence-electron chi connectivity index (χ3n) is 3.76. The van der Waals surface area contributed by atoms with Crippen molar-refractivity contribution in [2.24, 2.45) is 5.92 Å². The van der Waals surface area contributed by atoms with E-state index in [1.165, 1.54) is 0 Å². The van der Waals surface area contributed by atoms with E-state index in [1.54, 1.807) is 6.92 Å². The van der Waals surface area contributed by atoms with Crippen LogP contribution in [0.5, 0.6) is 0 Å². The van der Waals surface area contributed by atoms with Crippen molar-refractivity contribution < 1.29 is 13.2 Å². The number of nitrogens with one attached hydrogen (secondary N) is 1. The van der Waals surface area contributed by atoms with E-state index in [0.29, 0.717) is 6.04 Å². The number of likely N-dealkylation sites (tertiary alicyclic amines) is 1. The Morgan fingerprint density at radius 3 is 2.25 bits per heavy atom. The summed E-state index contributed by atoms with van der Waals surface area (Å²) in [4.78, 5) is 13.8. The van der Waals surface area contributed by atoms with E-state index in [0.717, 1.165) is 25.9 Å². The topological polar surface area (TPSA) is 66.5 Å². The molecule has 1 heterocycles. The summed E-state index contributed by atoms with van der Waals surface area (Å²) in [7, 11) is -2.93. The fraction of sp³-hybridized carbons (Fsp3) is 0.929. The molecule has 0 aromatic heterocycles. The van der Waals surface area contributed by atoms with Crippen LogP contribution in [0.1, 0.15) is 40.5 Å². The zero-order valence-corrected chi connectivity index (χ0v) is 13.9. The molecule has 0 aromatic carbocycles. The molecular formula is C14H28N2O3S. The number of piperidine rings is 1. The van der Waals surface area contributed by atoms with Crippen molar-refractivity contribution in [1.82, 2.24) is 10.2 Å². The smallest absolute Gasteiger partial charge is 0.225 e. The fourth-order valence-electron chi connectivity index (χ4n) is 2.58. The maximum atomic E-state index is 11.9. The molecule has 1 N–H and O–H groups in total. The summed E-state index contributed by atoms with van der Waals surface area (Å²) in [6.07, 6.45) is 1.80. The van der Waals surface area contributed by atoms with Crippen LogP contribution in [0, 0.1) is 5.92 Å². The van der Waals surface area contributed by atoms with Crippen LogP contribution in [0.25, 0.3) is 0 Å². The average Bonchev–Trinajstić information content (AvgIpc) is 2.38. The predicted molar refractivity (Wildman–Crippen MR) is 81.4 cm³/mol. The maximum absolute atomic E-state index is 11.9. The minimum atomic E-state index is -2.93. The predicted octanol–water partition coefficient (Wildman–Crippen LogP) is 1.05. The molecule has 20 heavy (non-hydrogen) atoms. The van der Waals surface area contributed by atoms with Crippen LogP contribution in [0.2, 0.25) is 0 Å². The number of amides is 1. The van der Waals surface area contributed by atoms with Gasteiger partial charge in [0.1, 0.15) is 0 Å². The highest BCUT2D eigenvalue weighted by atomic mass is 32.2. The van der Waals surface area contributed by atoms with Gasteiger partial charge in [0.25, 0.3) is 0 Å². The minimum absolute atomic E-state index is 0.0303. The third kappa shape index (κ3) is 5.40. The van der Waals surface area contributed by atoms with Gasteiger partial charge in [-0.15, -0.1) is 0 Å². The molecule has 1 aliphatic heterocycles. The number of hydrogen-bond acceptors (Lipinski definition) is 4. The first-order valence-electron chi connectivity index (χ1n) is 7.50. The lowest BCUT2D eigenvalue weighted by molar-refractivity contribution is -0.135. The van der Waals surface area contributed by atoms with Crippen molar-refractivity contribution in [2.75, 3.05) is 24.6 Å². The Labute approximate surface area is 123 Å². The van der Waals surface area contributed by atoms with Gasteiger partial charge in [0, 0.05) is 36.8 Å². The molecule has 118 valence electrons. The van der Waals surface area contributed by atoms with E-state index >= 15 is 0 Å². The standard InChI is InChI=1S/C14H28N2O3S/c1-5-20(18,19)10-12(4)15-13-6-8-16(9-7-13)14(17)11(2)3/h11-13,15H,5-10H2,1-4H3. The fourth-order valence-corrected chi connectivity index (χ4v) is 3.67. The van der Waals surface area contributed by atoms with Crippen LogP contribution < -0.4 is 5.32 Å². The van der Waals surface area contributed by atoms with Crippen LogP contribution in [0.4, 0.5) is 0 Å². The van der Waals surface area contributed by atoms with Gasteiger partial charge >= 0.3 is 0 Å². The molecule has 0 radical (unpaired) electrons. The summed E-state index contributed by atoms with van der Waals surface area (Å²) in [5, 5.41) is 3.38. The molecule has 1 atom stereocenters. The van der Waals surface area contributed by atoms with Gasteiger partial charge in [-0.2, -0.15) is 0 Å². The molecule has 1 aliphatic rings. The Balaban J connectivity index is 2.37. The molecule has 1 fully saturated rings. The molecule has 5 nitrogen and oxygen atoms in total. The quantitative estimate of drug-likeness (QED) is 0.796. The average molecular weight is 304 g/mol. The second kappa shape index (κ2) is 7.41. The van der Waals surface area contributed by atoms with Crippen LogP contribution >= 0.6 is 0 Å². The van der Waals surface area contributed by atoms with Crippen LogP contribution in [-0.2, 0) is 14.6 Å². The van der Waals surface area contributed by atoms with E-state index in [-0.39, 0.29) is 29.4 Å². The highest BCUT2D eigenvalue weighted by Crippen LogP contribution is 2.14. The number of carbonyl (C=O) groups excluding carboxylic acids is 1. The van der Waals surface area contributed by atoms with Gasteiger partial charge in [0.05, 0.1) is 5.75 Å². The Hall–Kier alpha value is -0.620. The second-order valence-corrected chi connectivity index (χ2v) is 8.42. The SMILES string of the molecule is CCS(=O)(=O)CC(C)NC1CCN(C(=O)C(C)C)CC1. The number of rotatable bonds is 6. The maximum Gasteiger partial charge on any atom is 0.225 e. The number of sulfone groups is 1. The van der Waals surface area contributed by atoms with Gasteiger partial charge in [-0.25, -0.2) is 8.42 Å². The van der Waals surface area contributed by atoms with Gasteiger partial charge in [-0.3, -0.25) is 4.79 Å². The summed E-state index contributed by atoms with van der Waals surface area (Å²) in [6, 6.07) is 0.283. The molecule has 1 amide bonds. The lowest BCUT2D eigenvalue weighted by atomic mass is 10.0. The van der Waals surface area contributed by atoms with Gasteiger partial charge in [-0.05, 0) is 19.8 Å². The highest BCUT2D eigenvalue weighted by molar-refractivity contribution is 7.91. The van der Waals surface area contributed by atoms with Crippen molar-refractivity contribution in [2.45, 2.75) is 52.6 Å². The lowest BCUT2D eigenvalue weighted by Crippen LogP contribution is -2.49. The summed E-state index contributed by atoms with van der Waals surface area (Å²) >= 11 is 0. The van der Waals surface area contributed by atoms with Crippen molar-refractivity contribution in [1.29, 1.82) is 0 Å². The minimum Gasteiger partial charge on any atom is -0.342 e. The van der Waals surface area contributed by atoms with Crippen molar-refractivity contribution in [3.8, 4) is 0 Å². The number of carbonyl (C=O) groups is 1. The summed E-state index contributed by atoms with van der Waals surface area (Å²) in [5.41, 5.74) is 0. The van der Waals surface area contributed by atoms with Crippen LogP contribution in [0.15, 0.2) is 0 Å². The molecular weight excluding hydrogens is 276 g/mol. The first-order chi connectivity index (χ1) is 9.25. The molecule has 1 rings (SSSR count). The van der Waals surface area contributed by atoms with Gasteiger partial charge in [0.2, 0.25) is 5.91 Å². The zero-order valence-electron chi connectivity index (χ0n) is 13.1. The van der Waals surface area contributed by atoms with E-state index in [4.69, 9.17) is 0 Å². The van der Waals surface area contributed by atoms with E-state index < -0.39 is 9.84 Å². The number of hydrogen-bond donors (Lipinski definition) is 1. The summed E-state index contributed by atoms with van der Waals surface area (Å²) < 4.78 is 23.1. The molecule has 1 unspecified atom stereocenters. The Morgan fingerprint density at radius 1 is 1.25 bits per heavy atom. The summed E-state index contributed by atoms with van der Waals surface area (Å²) in [5.74, 6) is 0.646. The Bertz CT molecular complexity index is 412. The zero-order chi connectivity index (χ0) is 15.3. The molecule has 6 heteroatoms. The van der Waals surface area contributed by atoms with E-state index in [9.17, 15) is 13.2 Å². The normalized spacial score (nSPS) is 19.4. The highest BCUT2D eigenvalue weighted by Gasteiger charge is 2.25. The monoisotopic (exact) mass is 304 g/mol. The third-order valence-corrected chi connectivity index (χ3v) is 5.65. The Morgan fingerprint density at radius 2 is 1.80 bits per heavy atom. The molecule has 0 spiro atoms. The van der Waals surface area contributed by atoms with E-state index in [1.807, 2.05) is 25.7 Å². The van der Waals surface area contributed by atoms with Crippen molar-refractivity contribution in [3.05, 3.63) is 0 Å². The van der Waals surface area contributed by atoms with Crippen LogP contribution in [0.3, 0.4) is 0 Å². The molecule has 0 aliphatic carbocycles. The second-order valence-electron chi connectivity index (χ2n) is 6.02. The van der Waals surface area contributed by atoms with Gasteiger partial charge < -0.3 is 10.2 Å². The first-order valence-corrected chi connectivity index (χ1v) is 9.32.